The first-order chi connectivity index (χ1) is 13.0. The lowest BCUT2D eigenvalue weighted by atomic mass is 9.97. The Bertz CT molecular complexity index is 932. The number of aryl methyl sites for hydroxylation is 2. The molecule has 0 aliphatic carbocycles. The Hall–Kier alpha value is -2.40. The molecule has 0 fully saturated rings. The first-order valence-corrected chi connectivity index (χ1v) is 10.1. The zero-order valence-electron chi connectivity index (χ0n) is 16.2. The molecule has 0 aliphatic heterocycles. The van der Waals surface area contributed by atoms with Crippen LogP contribution in [0.15, 0.2) is 52.1 Å². The third kappa shape index (κ3) is 4.66. The molecule has 3 aromatic rings. The van der Waals surface area contributed by atoms with E-state index in [-0.39, 0.29) is 11.5 Å². The Balaban J connectivity index is 1.62. The summed E-state index contributed by atoms with van der Waals surface area (Å²) in [5.41, 5.74) is 5.26. The second-order valence-corrected chi connectivity index (χ2v) is 7.74. The SMILES string of the molecule is CC[C@H](C)c1ccc(C(=O)CSc2nnc(-c3ccc(C)c(C)c3)o2)cc1. The molecule has 3 rings (SSSR count). The van der Waals surface area contributed by atoms with E-state index in [9.17, 15) is 4.79 Å². The van der Waals surface area contributed by atoms with Crippen LogP contribution in [0.2, 0.25) is 0 Å². The van der Waals surface area contributed by atoms with Crippen molar-refractivity contribution in [3.8, 4) is 11.5 Å². The van der Waals surface area contributed by atoms with Gasteiger partial charge >= 0.3 is 0 Å². The fourth-order valence-electron chi connectivity index (χ4n) is 2.70. The van der Waals surface area contributed by atoms with Crippen molar-refractivity contribution in [2.75, 3.05) is 5.75 Å². The van der Waals surface area contributed by atoms with Gasteiger partial charge in [0.1, 0.15) is 0 Å². The molecule has 140 valence electrons. The van der Waals surface area contributed by atoms with Crippen molar-refractivity contribution in [2.45, 2.75) is 45.3 Å². The summed E-state index contributed by atoms with van der Waals surface area (Å²) < 4.78 is 5.70. The average molecular weight is 381 g/mol. The summed E-state index contributed by atoms with van der Waals surface area (Å²) in [7, 11) is 0. The monoisotopic (exact) mass is 380 g/mol. The fraction of sp³-hybridized carbons (Fsp3) is 0.318. The molecular weight excluding hydrogens is 356 g/mol. The van der Waals surface area contributed by atoms with Crippen molar-refractivity contribution in [1.82, 2.24) is 10.2 Å². The van der Waals surface area contributed by atoms with Gasteiger partial charge in [-0.25, -0.2) is 0 Å². The zero-order chi connectivity index (χ0) is 19.4. The van der Waals surface area contributed by atoms with Crippen LogP contribution in [0.4, 0.5) is 0 Å². The van der Waals surface area contributed by atoms with E-state index < -0.39 is 0 Å². The molecule has 0 spiro atoms. The minimum atomic E-state index is 0.0571. The van der Waals surface area contributed by atoms with Crippen LogP contribution in [0.1, 0.15) is 53.2 Å². The lowest BCUT2D eigenvalue weighted by molar-refractivity contribution is 0.102. The Labute approximate surface area is 164 Å². The van der Waals surface area contributed by atoms with Crippen LogP contribution in [0.3, 0.4) is 0 Å². The van der Waals surface area contributed by atoms with Gasteiger partial charge in [-0.1, -0.05) is 55.9 Å². The maximum Gasteiger partial charge on any atom is 0.277 e. The first-order valence-electron chi connectivity index (χ1n) is 9.15. The summed E-state index contributed by atoms with van der Waals surface area (Å²) in [4.78, 5) is 12.4. The summed E-state index contributed by atoms with van der Waals surface area (Å²) in [6.07, 6.45) is 1.09. The number of aromatic nitrogens is 2. The number of Topliss-reactive ketones (excluding diaryl/α,β-unsaturated/α-hetero) is 1. The van der Waals surface area contributed by atoms with Crippen LogP contribution in [-0.2, 0) is 0 Å². The van der Waals surface area contributed by atoms with E-state index in [0.29, 0.717) is 22.6 Å². The Morgan fingerprint density at radius 1 is 1.07 bits per heavy atom. The zero-order valence-corrected chi connectivity index (χ0v) is 17.0. The van der Waals surface area contributed by atoms with E-state index in [1.54, 1.807) is 0 Å². The summed E-state index contributed by atoms with van der Waals surface area (Å²) in [6, 6.07) is 13.9. The molecule has 0 N–H and O–H groups in total. The van der Waals surface area contributed by atoms with Crippen molar-refractivity contribution in [2.24, 2.45) is 0 Å². The van der Waals surface area contributed by atoms with Gasteiger partial charge < -0.3 is 4.42 Å². The third-order valence-corrected chi connectivity index (χ3v) is 5.72. The molecule has 0 unspecified atom stereocenters. The molecule has 1 atom stereocenters. The predicted molar refractivity (Wildman–Crippen MR) is 109 cm³/mol. The van der Waals surface area contributed by atoms with Gasteiger partial charge in [-0.15, -0.1) is 10.2 Å². The number of hydrogen-bond acceptors (Lipinski definition) is 5. The third-order valence-electron chi connectivity index (χ3n) is 4.90. The number of nitrogens with zero attached hydrogens (tertiary/aromatic N) is 2. The highest BCUT2D eigenvalue weighted by molar-refractivity contribution is 7.99. The van der Waals surface area contributed by atoms with Gasteiger partial charge in [0.15, 0.2) is 5.78 Å². The average Bonchev–Trinajstić information content (AvgIpc) is 3.16. The number of ketones is 1. The van der Waals surface area contributed by atoms with Crippen LogP contribution in [0.5, 0.6) is 0 Å². The number of hydrogen-bond donors (Lipinski definition) is 0. The molecule has 0 aliphatic rings. The smallest absolute Gasteiger partial charge is 0.277 e. The summed E-state index contributed by atoms with van der Waals surface area (Å²) in [6.45, 7) is 8.47. The van der Waals surface area contributed by atoms with E-state index in [2.05, 4.69) is 37.9 Å². The Kier molecular flexibility index (Phi) is 6.11. The molecule has 0 saturated carbocycles. The van der Waals surface area contributed by atoms with Crippen molar-refractivity contribution in [1.29, 1.82) is 0 Å². The lowest BCUT2D eigenvalue weighted by Crippen LogP contribution is -2.03. The number of carbonyl (C=O) groups is 1. The normalized spacial score (nSPS) is 12.1. The molecule has 1 heterocycles. The van der Waals surface area contributed by atoms with E-state index in [1.807, 2.05) is 42.5 Å². The van der Waals surface area contributed by atoms with Crippen LogP contribution in [0.25, 0.3) is 11.5 Å². The second kappa shape index (κ2) is 8.53. The summed E-state index contributed by atoms with van der Waals surface area (Å²) >= 11 is 1.27. The van der Waals surface area contributed by atoms with Gasteiger partial charge in [-0.05, 0) is 55.0 Å². The summed E-state index contributed by atoms with van der Waals surface area (Å²) in [5.74, 6) is 1.32. The number of thioether (sulfide) groups is 1. The molecule has 2 aromatic carbocycles. The largest absolute Gasteiger partial charge is 0.411 e. The highest BCUT2D eigenvalue weighted by Crippen LogP contribution is 2.25. The molecular formula is C22H24N2O2S. The molecule has 5 heteroatoms. The van der Waals surface area contributed by atoms with Gasteiger partial charge in [0.25, 0.3) is 5.22 Å². The second-order valence-electron chi connectivity index (χ2n) is 6.82. The molecule has 0 bridgehead atoms. The molecule has 0 saturated heterocycles. The predicted octanol–water partition coefficient (Wildman–Crippen LogP) is 5.84. The van der Waals surface area contributed by atoms with E-state index >= 15 is 0 Å². The van der Waals surface area contributed by atoms with Crippen LogP contribution >= 0.6 is 11.8 Å². The molecule has 0 amide bonds. The van der Waals surface area contributed by atoms with E-state index in [0.717, 1.165) is 12.0 Å². The number of benzene rings is 2. The maximum atomic E-state index is 12.4. The van der Waals surface area contributed by atoms with Gasteiger partial charge in [0, 0.05) is 11.1 Å². The van der Waals surface area contributed by atoms with E-state index in [4.69, 9.17) is 4.42 Å². The number of rotatable bonds is 7. The molecule has 1 aromatic heterocycles. The van der Waals surface area contributed by atoms with Crippen LogP contribution in [0, 0.1) is 13.8 Å². The standard InChI is InChI=1S/C22H24N2O2S/c1-5-14(2)17-8-10-18(11-9-17)20(25)13-27-22-24-23-21(26-22)19-7-6-15(3)16(4)12-19/h6-12,14H,5,13H2,1-4H3/t14-/m0/s1. The minimum absolute atomic E-state index is 0.0571. The van der Waals surface area contributed by atoms with E-state index in [1.165, 1.54) is 28.5 Å². The van der Waals surface area contributed by atoms with Crippen molar-refractivity contribution >= 4 is 17.5 Å². The number of carbonyl (C=O) groups excluding carboxylic acids is 1. The van der Waals surface area contributed by atoms with Crippen molar-refractivity contribution in [3.63, 3.8) is 0 Å². The van der Waals surface area contributed by atoms with Crippen LogP contribution in [-0.4, -0.2) is 21.7 Å². The van der Waals surface area contributed by atoms with Crippen molar-refractivity contribution < 1.29 is 9.21 Å². The van der Waals surface area contributed by atoms with Gasteiger partial charge in [-0.3, -0.25) is 4.79 Å². The first kappa shape index (κ1) is 19.4. The topological polar surface area (TPSA) is 56.0 Å². The Morgan fingerprint density at radius 3 is 2.48 bits per heavy atom. The lowest BCUT2D eigenvalue weighted by Gasteiger charge is -2.09. The highest BCUT2D eigenvalue weighted by Gasteiger charge is 2.13. The Morgan fingerprint density at radius 2 is 1.81 bits per heavy atom. The van der Waals surface area contributed by atoms with Crippen molar-refractivity contribution in [3.05, 3.63) is 64.7 Å². The van der Waals surface area contributed by atoms with Gasteiger partial charge in [0.05, 0.1) is 5.75 Å². The van der Waals surface area contributed by atoms with Gasteiger partial charge in [-0.2, -0.15) is 0 Å². The van der Waals surface area contributed by atoms with Crippen LogP contribution < -0.4 is 0 Å². The highest BCUT2D eigenvalue weighted by atomic mass is 32.2. The minimum Gasteiger partial charge on any atom is -0.411 e. The molecule has 4 nitrogen and oxygen atoms in total. The fourth-order valence-corrected chi connectivity index (χ4v) is 3.36. The quantitative estimate of drug-likeness (QED) is 0.380. The molecule has 0 radical (unpaired) electrons. The van der Waals surface area contributed by atoms with Gasteiger partial charge in [0.2, 0.25) is 5.89 Å². The molecule has 27 heavy (non-hydrogen) atoms. The summed E-state index contributed by atoms with van der Waals surface area (Å²) in [5, 5.41) is 8.56. The maximum absolute atomic E-state index is 12.4.